The van der Waals surface area contributed by atoms with Crippen LogP contribution in [0, 0.1) is 6.92 Å². The second-order valence-electron chi connectivity index (χ2n) is 6.42. The SMILES string of the molecule is Cc1ccc2c(c1)[C@@H](N)CC1(CCN(C)C(C)C1)O2. The van der Waals surface area contributed by atoms with Crippen molar-refractivity contribution < 1.29 is 4.74 Å². The number of hydrogen-bond acceptors (Lipinski definition) is 3. The number of ether oxygens (including phenoxy) is 1. The molecule has 0 aliphatic carbocycles. The van der Waals surface area contributed by atoms with Gasteiger partial charge in [0.25, 0.3) is 0 Å². The van der Waals surface area contributed by atoms with Crippen molar-refractivity contribution in [3.63, 3.8) is 0 Å². The molecule has 104 valence electrons. The molecule has 3 nitrogen and oxygen atoms in total. The van der Waals surface area contributed by atoms with Crippen molar-refractivity contribution in [3.05, 3.63) is 29.3 Å². The van der Waals surface area contributed by atoms with E-state index in [9.17, 15) is 0 Å². The van der Waals surface area contributed by atoms with Crippen LogP contribution in [0.1, 0.15) is 43.4 Å². The zero-order chi connectivity index (χ0) is 13.6. The van der Waals surface area contributed by atoms with Crippen LogP contribution in [0.5, 0.6) is 5.75 Å². The number of aryl methyl sites for hydroxylation is 1. The van der Waals surface area contributed by atoms with Crippen molar-refractivity contribution in [2.75, 3.05) is 13.6 Å². The van der Waals surface area contributed by atoms with Crippen LogP contribution in [-0.4, -0.2) is 30.1 Å². The molecule has 0 bridgehead atoms. The molecule has 0 radical (unpaired) electrons. The van der Waals surface area contributed by atoms with E-state index in [2.05, 4.69) is 44.0 Å². The molecule has 1 aromatic carbocycles. The maximum absolute atomic E-state index is 6.41. The Morgan fingerprint density at radius 1 is 1.37 bits per heavy atom. The fraction of sp³-hybridized carbons (Fsp3) is 0.625. The second kappa shape index (κ2) is 4.50. The van der Waals surface area contributed by atoms with E-state index in [4.69, 9.17) is 10.5 Å². The van der Waals surface area contributed by atoms with Gasteiger partial charge in [-0.15, -0.1) is 0 Å². The molecule has 1 spiro atoms. The van der Waals surface area contributed by atoms with E-state index in [-0.39, 0.29) is 11.6 Å². The number of benzene rings is 1. The Morgan fingerprint density at radius 2 is 2.16 bits per heavy atom. The lowest BCUT2D eigenvalue weighted by Gasteiger charge is -2.48. The van der Waals surface area contributed by atoms with Gasteiger partial charge in [0.1, 0.15) is 11.4 Å². The number of likely N-dealkylation sites (tertiary alicyclic amines) is 1. The number of fused-ring (bicyclic) bond motifs is 1. The number of nitrogens with two attached hydrogens (primary N) is 1. The van der Waals surface area contributed by atoms with E-state index in [1.165, 1.54) is 11.1 Å². The molecule has 2 aliphatic heterocycles. The monoisotopic (exact) mass is 260 g/mol. The summed E-state index contributed by atoms with van der Waals surface area (Å²) in [4.78, 5) is 2.41. The number of piperidine rings is 1. The summed E-state index contributed by atoms with van der Waals surface area (Å²) in [6, 6.07) is 7.05. The maximum atomic E-state index is 6.41. The van der Waals surface area contributed by atoms with Gasteiger partial charge in [-0.2, -0.15) is 0 Å². The lowest BCUT2D eigenvalue weighted by atomic mass is 9.78. The Morgan fingerprint density at radius 3 is 2.89 bits per heavy atom. The Kier molecular flexibility index (Phi) is 3.06. The van der Waals surface area contributed by atoms with Crippen LogP contribution in [-0.2, 0) is 0 Å². The molecule has 0 amide bonds. The first-order valence-electron chi connectivity index (χ1n) is 7.24. The standard InChI is InChI=1S/C16H24N2O/c1-11-4-5-15-13(8-11)14(17)10-16(19-15)6-7-18(3)12(2)9-16/h4-5,8,12,14H,6-7,9-10,17H2,1-3H3/t12?,14-,16?/m0/s1. The minimum Gasteiger partial charge on any atom is -0.487 e. The molecule has 2 aliphatic rings. The van der Waals surface area contributed by atoms with E-state index in [1.54, 1.807) is 0 Å². The third kappa shape index (κ3) is 2.26. The molecule has 3 rings (SSSR count). The maximum Gasteiger partial charge on any atom is 0.124 e. The molecule has 2 N–H and O–H groups in total. The largest absolute Gasteiger partial charge is 0.487 e. The van der Waals surface area contributed by atoms with Crippen LogP contribution in [0.25, 0.3) is 0 Å². The van der Waals surface area contributed by atoms with Gasteiger partial charge in [0.05, 0.1) is 0 Å². The minimum absolute atomic E-state index is 0.0480. The third-order valence-corrected chi connectivity index (χ3v) is 4.82. The summed E-state index contributed by atoms with van der Waals surface area (Å²) < 4.78 is 6.40. The molecule has 19 heavy (non-hydrogen) atoms. The topological polar surface area (TPSA) is 38.5 Å². The predicted octanol–water partition coefficient (Wildman–Crippen LogP) is 2.63. The predicted molar refractivity (Wildman–Crippen MR) is 77.4 cm³/mol. The average molecular weight is 260 g/mol. The van der Waals surface area contributed by atoms with Gasteiger partial charge in [0.15, 0.2) is 0 Å². The first-order chi connectivity index (χ1) is 8.99. The number of nitrogens with zero attached hydrogens (tertiary/aromatic N) is 1. The fourth-order valence-corrected chi connectivity index (χ4v) is 3.51. The highest BCUT2D eigenvalue weighted by molar-refractivity contribution is 5.41. The molecule has 1 fully saturated rings. The van der Waals surface area contributed by atoms with Crippen LogP contribution in [0.15, 0.2) is 18.2 Å². The molecule has 0 aromatic heterocycles. The summed E-state index contributed by atoms with van der Waals surface area (Å²) in [5, 5.41) is 0. The smallest absolute Gasteiger partial charge is 0.124 e. The molecular formula is C16H24N2O. The third-order valence-electron chi connectivity index (χ3n) is 4.82. The van der Waals surface area contributed by atoms with Gasteiger partial charge in [-0.25, -0.2) is 0 Å². The van der Waals surface area contributed by atoms with Crippen LogP contribution in [0.3, 0.4) is 0 Å². The molecule has 1 aromatic rings. The number of hydrogen-bond donors (Lipinski definition) is 1. The molecule has 0 saturated carbocycles. The number of rotatable bonds is 0. The molecule has 3 heteroatoms. The highest BCUT2D eigenvalue weighted by atomic mass is 16.5. The lowest BCUT2D eigenvalue weighted by Crippen LogP contribution is -2.53. The van der Waals surface area contributed by atoms with E-state index >= 15 is 0 Å². The van der Waals surface area contributed by atoms with E-state index in [0.29, 0.717) is 6.04 Å². The van der Waals surface area contributed by atoms with Crippen molar-refractivity contribution in [1.82, 2.24) is 4.90 Å². The zero-order valence-electron chi connectivity index (χ0n) is 12.1. The quantitative estimate of drug-likeness (QED) is 0.779. The van der Waals surface area contributed by atoms with E-state index < -0.39 is 0 Å². The molecule has 3 atom stereocenters. The van der Waals surface area contributed by atoms with Crippen LogP contribution >= 0.6 is 0 Å². The Balaban J connectivity index is 1.90. The first kappa shape index (κ1) is 12.9. The van der Waals surface area contributed by atoms with Gasteiger partial charge in [-0.05, 0) is 33.4 Å². The van der Waals surface area contributed by atoms with E-state index in [1.807, 2.05) is 0 Å². The summed E-state index contributed by atoms with van der Waals surface area (Å²) in [6.45, 7) is 5.48. The van der Waals surface area contributed by atoms with Crippen molar-refractivity contribution in [2.45, 2.75) is 50.8 Å². The van der Waals surface area contributed by atoms with Crippen molar-refractivity contribution in [3.8, 4) is 5.75 Å². The summed E-state index contributed by atoms with van der Waals surface area (Å²) in [7, 11) is 2.19. The highest BCUT2D eigenvalue weighted by Crippen LogP contribution is 2.44. The summed E-state index contributed by atoms with van der Waals surface area (Å²) in [6.07, 6.45) is 3.10. The molecule has 1 saturated heterocycles. The summed E-state index contributed by atoms with van der Waals surface area (Å²) in [5.74, 6) is 1.00. The van der Waals surface area contributed by atoms with Crippen LogP contribution in [0.4, 0.5) is 0 Å². The Bertz CT molecular complexity index is 488. The van der Waals surface area contributed by atoms with E-state index in [0.717, 1.165) is 31.6 Å². The van der Waals surface area contributed by atoms with Crippen molar-refractivity contribution in [1.29, 1.82) is 0 Å². The molecule has 2 unspecified atom stereocenters. The molecule has 2 heterocycles. The van der Waals surface area contributed by atoms with Gasteiger partial charge < -0.3 is 15.4 Å². The van der Waals surface area contributed by atoms with Gasteiger partial charge in [0, 0.05) is 37.0 Å². The lowest BCUT2D eigenvalue weighted by molar-refractivity contribution is -0.0357. The highest BCUT2D eigenvalue weighted by Gasteiger charge is 2.43. The zero-order valence-corrected chi connectivity index (χ0v) is 12.1. The Labute approximate surface area is 115 Å². The average Bonchev–Trinajstić information content (AvgIpc) is 2.36. The van der Waals surface area contributed by atoms with Crippen LogP contribution < -0.4 is 10.5 Å². The summed E-state index contributed by atoms with van der Waals surface area (Å²) >= 11 is 0. The first-order valence-corrected chi connectivity index (χ1v) is 7.24. The molecular weight excluding hydrogens is 236 g/mol. The van der Waals surface area contributed by atoms with Gasteiger partial charge >= 0.3 is 0 Å². The van der Waals surface area contributed by atoms with Crippen LogP contribution in [0.2, 0.25) is 0 Å². The normalized spacial score (nSPS) is 34.9. The fourth-order valence-electron chi connectivity index (χ4n) is 3.51. The Hall–Kier alpha value is -1.06. The van der Waals surface area contributed by atoms with Crippen molar-refractivity contribution >= 4 is 0 Å². The summed E-state index contributed by atoms with van der Waals surface area (Å²) in [5.41, 5.74) is 8.79. The van der Waals surface area contributed by atoms with Gasteiger partial charge in [-0.1, -0.05) is 17.7 Å². The van der Waals surface area contributed by atoms with Crippen molar-refractivity contribution in [2.24, 2.45) is 5.73 Å². The minimum atomic E-state index is -0.0480. The van der Waals surface area contributed by atoms with Gasteiger partial charge in [-0.3, -0.25) is 0 Å². The van der Waals surface area contributed by atoms with Gasteiger partial charge in [0.2, 0.25) is 0 Å². The second-order valence-corrected chi connectivity index (χ2v) is 6.42.